The predicted octanol–water partition coefficient (Wildman–Crippen LogP) is 2.68. The zero-order valence-corrected chi connectivity index (χ0v) is 14.1. The van der Waals surface area contributed by atoms with Crippen LogP contribution in [0.15, 0.2) is 24.3 Å². The molecular formula is C18H23N3O4. The van der Waals surface area contributed by atoms with Crippen molar-refractivity contribution in [2.24, 2.45) is 5.92 Å². The maximum Gasteiger partial charge on any atom is 0.414 e. The van der Waals surface area contributed by atoms with E-state index in [-0.39, 0.29) is 12.1 Å². The number of hydrogen-bond acceptors (Lipinski definition) is 4. The molecule has 1 aromatic rings. The van der Waals surface area contributed by atoms with Crippen molar-refractivity contribution in [3.8, 4) is 0 Å². The third-order valence-corrected chi connectivity index (χ3v) is 4.90. The van der Waals surface area contributed by atoms with E-state index in [4.69, 9.17) is 9.47 Å². The minimum absolute atomic E-state index is 0.0736. The Morgan fingerprint density at radius 1 is 1.28 bits per heavy atom. The number of rotatable bonds is 5. The van der Waals surface area contributed by atoms with E-state index in [1.54, 1.807) is 4.90 Å². The van der Waals surface area contributed by atoms with Crippen LogP contribution in [0.3, 0.4) is 0 Å². The lowest BCUT2D eigenvalue weighted by Crippen LogP contribution is -2.40. The first-order valence-corrected chi connectivity index (χ1v) is 8.90. The second kappa shape index (κ2) is 6.92. The molecule has 4 rings (SSSR count). The SMILES string of the molecule is O=C1OCCN1c1cccc(NC(=O)N(CC2CCOC2)C2CC2)c1. The molecule has 0 spiro atoms. The molecule has 7 heteroatoms. The molecule has 2 saturated heterocycles. The Balaban J connectivity index is 1.43. The number of cyclic esters (lactones) is 1. The quantitative estimate of drug-likeness (QED) is 0.891. The van der Waals surface area contributed by atoms with Crippen molar-refractivity contribution in [1.82, 2.24) is 4.90 Å². The van der Waals surface area contributed by atoms with Crippen molar-refractivity contribution in [2.45, 2.75) is 25.3 Å². The highest BCUT2D eigenvalue weighted by Gasteiger charge is 2.35. The topological polar surface area (TPSA) is 71.1 Å². The number of ether oxygens (including phenoxy) is 2. The van der Waals surface area contributed by atoms with Gasteiger partial charge in [0.2, 0.25) is 0 Å². The highest BCUT2D eigenvalue weighted by molar-refractivity contribution is 5.93. The second-order valence-corrected chi connectivity index (χ2v) is 6.86. The predicted molar refractivity (Wildman–Crippen MR) is 92.8 cm³/mol. The third kappa shape index (κ3) is 3.71. The summed E-state index contributed by atoms with van der Waals surface area (Å²) in [5.74, 6) is 0.428. The van der Waals surface area contributed by atoms with Crippen LogP contribution in [0, 0.1) is 5.92 Å². The Kier molecular flexibility index (Phi) is 4.48. The first-order chi connectivity index (χ1) is 12.2. The van der Waals surface area contributed by atoms with Crippen molar-refractivity contribution < 1.29 is 19.1 Å². The minimum Gasteiger partial charge on any atom is -0.447 e. The van der Waals surface area contributed by atoms with Gasteiger partial charge in [0.05, 0.1) is 13.2 Å². The van der Waals surface area contributed by atoms with E-state index in [2.05, 4.69) is 5.32 Å². The molecule has 1 aliphatic carbocycles. The summed E-state index contributed by atoms with van der Waals surface area (Å²) < 4.78 is 10.4. The molecule has 7 nitrogen and oxygen atoms in total. The molecule has 1 unspecified atom stereocenters. The molecular weight excluding hydrogens is 322 g/mol. The lowest BCUT2D eigenvalue weighted by Gasteiger charge is -2.25. The average Bonchev–Trinajstić information content (AvgIpc) is 3.13. The van der Waals surface area contributed by atoms with Crippen LogP contribution in [0.1, 0.15) is 19.3 Å². The van der Waals surface area contributed by atoms with Gasteiger partial charge in [-0.15, -0.1) is 0 Å². The molecule has 0 radical (unpaired) electrons. The van der Waals surface area contributed by atoms with Crippen LogP contribution in [0.4, 0.5) is 21.0 Å². The number of anilines is 2. The van der Waals surface area contributed by atoms with Gasteiger partial charge in [0.15, 0.2) is 0 Å². The molecule has 3 fully saturated rings. The molecule has 0 bridgehead atoms. The summed E-state index contributed by atoms with van der Waals surface area (Å²) in [5, 5.41) is 2.98. The highest BCUT2D eigenvalue weighted by Crippen LogP contribution is 2.30. The van der Waals surface area contributed by atoms with Gasteiger partial charge in [-0.2, -0.15) is 0 Å². The van der Waals surface area contributed by atoms with Crippen LogP contribution in [0.25, 0.3) is 0 Å². The molecule has 3 amide bonds. The van der Waals surface area contributed by atoms with E-state index < -0.39 is 0 Å². The maximum absolute atomic E-state index is 12.7. The van der Waals surface area contributed by atoms with Gasteiger partial charge in [0.1, 0.15) is 6.61 Å². The zero-order valence-electron chi connectivity index (χ0n) is 14.1. The number of urea groups is 1. The van der Waals surface area contributed by atoms with Crippen molar-refractivity contribution in [2.75, 3.05) is 43.1 Å². The zero-order chi connectivity index (χ0) is 17.2. The third-order valence-electron chi connectivity index (χ3n) is 4.90. The summed E-state index contributed by atoms with van der Waals surface area (Å²) in [6.45, 7) is 3.21. The molecule has 2 aliphatic heterocycles. The normalized spacial score (nSPS) is 22.8. The summed E-state index contributed by atoms with van der Waals surface area (Å²) in [6, 6.07) is 7.60. The molecule has 134 valence electrons. The minimum atomic E-state index is -0.343. The number of carbonyl (C=O) groups is 2. The molecule has 3 aliphatic rings. The number of carbonyl (C=O) groups excluding carboxylic acids is 2. The van der Waals surface area contributed by atoms with Gasteiger partial charge < -0.3 is 19.7 Å². The first-order valence-electron chi connectivity index (χ1n) is 8.90. The van der Waals surface area contributed by atoms with Crippen LogP contribution < -0.4 is 10.2 Å². The number of nitrogens with one attached hydrogen (secondary N) is 1. The Morgan fingerprint density at radius 3 is 2.84 bits per heavy atom. The smallest absolute Gasteiger partial charge is 0.414 e. The maximum atomic E-state index is 12.7. The van der Waals surface area contributed by atoms with Crippen LogP contribution in [-0.2, 0) is 9.47 Å². The number of amides is 3. The summed E-state index contributed by atoms with van der Waals surface area (Å²) in [5.41, 5.74) is 1.43. The molecule has 1 aromatic carbocycles. The molecule has 25 heavy (non-hydrogen) atoms. The average molecular weight is 345 g/mol. The fraction of sp³-hybridized carbons (Fsp3) is 0.556. The van der Waals surface area contributed by atoms with Gasteiger partial charge >= 0.3 is 12.1 Å². The van der Waals surface area contributed by atoms with E-state index in [0.717, 1.165) is 44.7 Å². The van der Waals surface area contributed by atoms with Gasteiger partial charge in [0, 0.05) is 36.5 Å². The van der Waals surface area contributed by atoms with Crippen molar-refractivity contribution in [3.63, 3.8) is 0 Å². The van der Waals surface area contributed by atoms with E-state index >= 15 is 0 Å². The Labute approximate surface area is 146 Å². The largest absolute Gasteiger partial charge is 0.447 e. The van der Waals surface area contributed by atoms with Gasteiger partial charge in [-0.1, -0.05) is 6.07 Å². The van der Waals surface area contributed by atoms with Crippen molar-refractivity contribution in [1.29, 1.82) is 0 Å². The van der Waals surface area contributed by atoms with Gasteiger partial charge in [-0.3, -0.25) is 4.90 Å². The molecule has 1 N–H and O–H groups in total. The number of hydrogen-bond donors (Lipinski definition) is 1. The van der Waals surface area contributed by atoms with Crippen LogP contribution in [0.2, 0.25) is 0 Å². The fourth-order valence-corrected chi connectivity index (χ4v) is 3.36. The molecule has 1 atom stereocenters. The number of nitrogens with zero attached hydrogens (tertiary/aromatic N) is 2. The van der Waals surface area contributed by atoms with Gasteiger partial charge in [-0.25, -0.2) is 9.59 Å². The van der Waals surface area contributed by atoms with Gasteiger partial charge in [0.25, 0.3) is 0 Å². The van der Waals surface area contributed by atoms with E-state index in [1.807, 2.05) is 29.2 Å². The summed E-state index contributed by atoms with van der Waals surface area (Å²) in [4.78, 5) is 28.0. The monoisotopic (exact) mass is 345 g/mol. The second-order valence-electron chi connectivity index (χ2n) is 6.86. The summed E-state index contributed by atoms with van der Waals surface area (Å²) in [7, 11) is 0. The highest BCUT2D eigenvalue weighted by atomic mass is 16.6. The van der Waals surface area contributed by atoms with Crippen LogP contribution in [-0.4, -0.2) is 56.0 Å². The Morgan fingerprint density at radius 2 is 2.16 bits per heavy atom. The van der Waals surface area contributed by atoms with Crippen molar-refractivity contribution in [3.05, 3.63) is 24.3 Å². The molecule has 0 aromatic heterocycles. The lowest BCUT2D eigenvalue weighted by molar-refractivity contribution is 0.167. The van der Waals surface area contributed by atoms with Crippen LogP contribution in [0.5, 0.6) is 0 Å². The van der Waals surface area contributed by atoms with E-state index in [9.17, 15) is 9.59 Å². The molecule has 2 heterocycles. The molecule has 1 saturated carbocycles. The fourth-order valence-electron chi connectivity index (χ4n) is 3.36. The van der Waals surface area contributed by atoms with Gasteiger partial charge in [-0.05, 0) is 37.5 Å². The van der Waals surface area contributed by atoms with E-state index in [0.29, 0.717) is 30.8 Å². The Hall–Kier alpha value is -2.28. The van der Waals surface area contributed by atoms with Crippen molar-refractivity contribution >= 4 is 23.5 Å². The standard InChI is InChI=1S/C18H23N3O4/c22-17(21(15-4-5-15)11-13-6-8-24-12-13)19-14-2-1-3-16(10-14)20-7-9-25-18(20)23/h1-3,10,13,15H,4-9,11-12H2,(H,19,22). The lowest BCUT2D eigenvalue weighted by atomic mass is 10.1. The Bertz CT molecular complexity index is 655. The summed E-state index contributed by atoms with van der Waals surface area (Å²) >= 11 is 0. The van der Waals surface area contributed by atoms with E-state index in [1.165, 1.54) is 0 Å². The van der Waals surface area contributed by atoms with Crippen LogP contribution >= 0.6 is 0 Å². The first kappa shape index (κ1) is 16.2. The summed E-state index contributed by atoms with van der Waals surface area (Å²) in [6.07, 6.45) is 2.81. The number of benzene rings is 1.